The molecule has 18 heavy (non-hydrogen) atoms. The summed E-state index contributed by atoms with van der Waals surface area (Å²) in [5.41, 5.74) is 6.82. The molecule has 1 saturated carbocycles. The third-order valence-electron chi connectivity index (χ3n) is 3.62. The van der Waals surface area contributed by atoms with Gasteiger partial charge in [0.2, 0.25) is 0 Å². The van der Waals surface area contributed by atoms with E-state index in [2.05, 4.69) is 6.92 Å². The topological polar surface area (TPSA) is 55.6 Å². The van der Waals surface area contributed by atoms with E-state index in [9.17, 15) is 4.79 Å². The first-order valence-corrected chi connectivity index (χ1v) is 6.22. The van der Waals surface area contributed by atoms with Crippen molar-refractivity contribution in [2.45, 2.75) is 13.3 Å². The molecule has 0 radical (unpaired) electrons. The second-order valence-corrected chi connectivity index (χ2v) is 5.08. The molecule has 1 fully saturated rings. The Morgan fingerprint density at radius 1 is 1.56 bits per heavy atom. The Hall–Kier alpha value is -1.71. The lowest BCUT2D eigenvalue weighted by atomic mass is 10.1. The van der Waals surface area contributed by atoms with Gasteiger partial charge < -0.3 is 15.4 Å². The number of nitrogens with zero attached hydrogens (tertiary/aromatic N) is 1. The van der Waals surface area contributed by atoms with Gasteiger partial charge >= 0.3 is 0 Å². The van der Waals surface area contributed by atoms with Crippen molar-refractivity contribution in [2.24, 2.45) is 11.8 Å². The van der Waals surface area contributed by atoms with Crippen LogP contribution < -0.4 is 10.5 Å². The molecule has 0 heterocycles. The second-order valence-electron chi connectivity index (χ2n) is 5.08. The van der Waals surface area contributed by atoms with Crippen LogP contribution in [0.2, 0.25) is 0 Å². The van der Waals surface area contributed by atoms with E-state index in [4.69, 9.17) is 10.5 Å². The number of benzene rings is 1. The summed E-state index contributed by atoms with van der Waals surface area (Å²) < 4.78 is 5.21. The van der Waals surface area contributed by atoms with Crippen LogP contribution in [-0.2, 0) is 0 Å². The number of methoxy groups -OCH3 is 1. The van der Waals surface area contributed by atoms with Crippen LogP contribution in [0.1, 0.15) is 23.7 Å². The lowest BCUT2D eigenvalue weighted by molar-refractivity contribution is 0.0785. The number of hydrogen-bond acceptors (Lipinski definition) is 3. The normalized spacial score (nSPS) is 21.5. The predicted octanol–water partition coefficient (Wildman–Crippen LogP) is 2.01. The van der Waals surface area contributed by atoms with Gasteiger partial charge in [-0.2, -0.15) is 0 Å². The Bertz CT molecular complexity index is 459. The molecule has 1 aromatic rings. The van der Waals surface area contributed by atoms with E-state index in [1.165, 1.54) is 6.42 Å². The van der Waals surface area contributed by atoms with Gasteiger partial charge in [0.05, 0.1) is 7.11 Å². The summed E-state index contributed by atoms with van der Waals surface area (Å²) in [6, 6.07) is 5.27. The lowest BCUT2D eigenvalue weighted by Crippen LogP contribution is -2.30. The van der Waals surface area contributed by atoms with E-state index < -0.39 is 0 Å². The summed E-state index contributed by atoms with van der Waals surface area (Å²) in [6.45, 7) is 3.00. The maximum atomic E-state index is 12.4. The largest absolute Gasteiger partial charge is 0.496 e. The summed E-state index contributed by atoms with van der Waals surface area (Å²) in [5, 5.41) is 0. The standard InChI is InChI=1S/C14H20N2O2/c1-9-7-10(9)8-16(2)14(17)13-11(15)5-4-6-12(13)18-3/h4-6,9-10H,7-8,15H2,1-3H3. The van der Waals surface area contributed by atoms with Crippen molar-refractivity contribution >= 4 is 11.6 Å². The van der Waals surface area contributed by atoms with Crippen LogP contribution in [0.25, 0.3) is 0 Å². The van der Waals surface area contributed by atoms with E-state index in [1.54, 1.807) is 30.2 Å². The number of rotatable bonds is 4. The fourth-order valence-electron chi connectivity index (χ4n) is 2.23. The van der Waals surface area contributed by atoms with E-state index in [0.717, 1.165) is 12.5 Å². The Balaban J connectivity index is 2.17. The fourth-order valence-corrected chi connectivity index (χ4v) is 2.23. The minimum atomic E-state index is -0.0657. The smallest absolute Gasteiger partial charge is 0.259 e. The fraction of sp³-hybridized carbons (Fsp3) is 0.500. The summed E-state index contributed by atoms with van der Waals surface area (Å²) in [4.78, 5) is 14.1. The first-order valence-electron chi connectivity index (χ1n) is 6.22. The average molecular weight is 248 g/mol. The average Bonchev–Trinajstić information content (AvgIpc) is 3.03. The number of carbonyl (C=O) groups excluding carboxylic acids is 1. The van der Waals surface area contributed by atoms with Crippen LogP contribution in [0, 0.1) is 11.8 Å². The number of nitrogens with two attached hydrogens (primary N) is 1. The monoisotopic (exact) mass is 248 g/mol. The Morgan fingerprint density at radius 3 is 2.78 bits per heavy atom. The summed E-state index contributed by atoms with van der Waals surface area (Å²) >= 11 is 0. The molecular weight excluding hydrogens is 228 g/mol. The quantitative estimate of drug-likeness (QED) is 0.829. The van der Waals surface area contributed by atoms with Gasteiger partial charge in [-0.25, -0.2) is 0 Å². The Kier molecular flexibility index (Phi) is 3.45. The molecule has 0 aromatic heterocycles. The predicted molar refractivity (Wildman–Crippen MR) is 71.6 cm³/mol. The Morgan fingerprint density at radius 2 is 2.22 bits per heavy atom. The first kappa shape index (κ1) is 12.7. The molecule has 4 heteroatoms. The SMILES string of the molecule is COc1cccc(N)c1C(=O)N(C)CC1CC1C. The zero-order chi connectivity index (χ0) is 13.3. The van der Waals surface area contributed by atoms with Crippen LogP contribution >= 0.6 is 0 Å². The number of carbonyl (C=O) groups is 1. The zero-order valence-corrected chi connectivity index (χ0v) is 11.1. The molecule has 4 nitrogen and oxygen atoms in total. The highest BCUT2D eigenvalue weighted by molar-refractivity contribution is 6.01. The zero-order valence-electron chi connectivity index (χ0n) is 11.1. The molecule has 2 unspecified atom stereocenters. The molecule has 2 atom stereocenters. The lowest BCUT2D eigenvalue weighted by Gasteiger charge is -2.19. The van der Waals surface area contributed by atoms with E-state index in [-0.39, 0.29) is 5.91 Å². The summed E-state index contributed by atoms with van der Waals surface area (Å²) in [5.74, 6) is 1.84. The molecule has 1 amide bonds. The van der Waals surface area contributed by atoms with Gasteiger partial charge in [-0.1, -0.05) is 13.0 Å². The van der Waals surface area contributed by atoms with Crippen LogP contribution in [0.3, 0.4) is 0 Å². The van der Waals surface area contributed by atoms with Crippen LogP contribution in [-0.4, -0.2) is 31.5 Å². The summed E-state index contributed by atoms with van der Waals surface area (Å²) in [6.07, 6.45) is 1.21. The molecule has 2 rings (SSSR count). The van der Waals surface area contributed by atoms with Crippen LogP contribution in [0.5, 0.6) is 5.75 Å². The van der Waals surface area contributed by atoms with Gasteiger partial charge in [-0.05, 0) is 30.4 Å². The van der Waals surface area contributed by atoms with Crippen LogP contribution in [0.15, 0.2) is 18.2 Å². The first-order chi connectivity index (χ1) is 8.54. The van der Waals surface area contributed by atoms with Gasteiger partial charge in [0.1, 0.15) is 11.3 Å². The van der Waals surface area contributed by atoms with E-state index in [0.29, 0.717) is 22.9 Å². The Labute approximate surface area is 108 Å². The maximum absolute atomic E-state index is 12.4. The maximum Gasteiger partial charge on any atom is 0.259 e. The molecular formula is C14H20N2O2. The molecule has 2 N–H and O–H groups in total. The molecule has 98 valence electrons. The number of ether oxygens (including phenoxy) is 1. The van der Waals surface area contributed by atoms with Gasteiger partial charge in [0.15, 0.2) is 0 Å². The van der Waals surface area contributed by atoms with Crippen molar-refractivity contribution in [3.8, 4) is 5.75 Å². The number of nitrogen functional groups attached to an aromatic ring is 1. The molecule has 1 aromatic carbocycles. The minimum Gasteiger partial charge on any atom is -0.496 e. The second kappa shape index (κ2) is 4.88. The molecule has 0 spiro atoms. The van der Waals surface area contributed by atoms with Crippen molar-refractivity contribution in [1.29, 1.82) is 0 Å². The molecule has 1 aliphatic carbocycles. The number of anilines is 1. The highest BCUT2D eigenvalue weighted by Crippen LogP contribution is 2.38. The van der Waals surface area contributed by atoms with Crippen molar-refractivity contribution in [1.82, 2.24) is 4.90 Å². The van der Waals surface area contributed by atoms with Gasteiger partial charge in [-0.3, -0.25) is 4.79 Å². The van der Waals surface area contributed by atoms with Crippen LogP contribution in [0.4, 0.5) is 5.69 Å². The third-order valence-corrected chi connectivity index (χ3v) is 3.62. The molecule has 1 aliphatic rings. The van der Waals surface area contributed by atoms with E-state index in [1.807, 2.05) is 7.05 Å². The summed E-state index contributed by atoms with van der Waals surface area (Å²) in [7, 11) is 3.37. The highest BCUT2D eigenvalue weighted by Gasteiger charge is 2.34. The molecule has 0 aliphatic heterocycles. The minimum absolute atomic E-state index is 0.0657. The van der Waals surface area contributed by atoms with Gasteiger partial charge in [-0.15, -0.1) is 0 Å². The molecule has 0 saturated heterocycles. The van der Waals surface area contributed by atoms with Crippen molar-refractivity contribution in [2.75, 3.05) is 26.4 Å². The van der Waals surface area contributed by atoms with Gasteiger partial charge in [0, 0.05) is 19.3 Å². The highest BCUT2D eigenvalue weighted by atomic mass is 16.5. The van der Waals surface area contributed by atoms with Gasteiger partial charge in [0.25, 0.3) is 5.91 Å². The molecule has 0 bridgehead atoms. The van der Waals surface area contributed by atoms with Crippen molar-refractivity contribution in [3.63, 3.8) is 0 Å². The van der Waals surface area contributed by atoms with Crippen molar-refractivity contribution < 1.29 is 9.53 Å². The number of hydrogen-bond donors (Lipinski definition) is 1. The number of amides is 1. The van der Waals surface area contributed by atoms with E-state index >= 15 is 0 Å². The van der Waals surface area contributed by atoms with Crippen molar-refractivity contribution in [3.05, 3.63) is 23.8 Å². The third kappa shape index (κ3) is 2.42.